The number of rotatable bonds is 9. The molecule has 2 aliphatic rings. The van der Waals surface area contributed by atoms with Crippen LogP contribution in [0.5, 0.6) is 0 Å². The van der Waals surface area contributed by atoms with E-state index in [1.165, 1.54) is 0 Å². The molecule has 1 unspecified atom stereocenters. The van der Waals surface area contributed by atoms with Gasteiger partial charge in [0.15, 0.2) is 5.65 Å². The standard InChI is InChI=1S/C31H38N8O4/c1-5-43-19(4)38-17-21(15-32-38)25-11-12-27-35-30(36-39(27)28(25)18(2)3)33-22-7-6-8-24(13-22)37-16-20-9-10-23(34-31(41)42)14-26(20)29(37)40/h9-12,14-15,17-19,22,24,34H,5-8,13,16H2,1-4H3,(H,33,36)(H,41,42)/t19?,22-,24+/m1/s1. The first-order chi connectivity index (χ1) is 20.7. The Balaban J connectivity index is 1.19. The van der Waals surface area contributed by atoms with Gasteiger partial charge in [-0.2, -0.15) is 10.1 Å². The predicted molar refractivity (Wildman–Crippen MR) is 162 cm³/mol. The van der Waals surface area contributed by atoms with Crippen LogP contribution in [-0.4, -0.2) is 65.1 Å². The van der Waals surface area contributed by atoms with E-state index in [4.69, 9.17) is 19.9 Å². The highest BCUT2D eigenvalue weighted by atomic mass is 16.5. The first-order valence-electron chi connectivity index (χ1n) is 15.0. The maximum Gasteiger partial charge on any atom is 0.409 e. The Morgan fingerprint density at radius 1 is 1.16 bits per heavy atom. The summed E-state index contributed by atoms with van der Waals surface area (Å²) < 4.78 is 9.46. The molecule has 6 rings (SSSR count). The van der Waals surface area contributed by atoms with Crippen molar-refractivity contribution in [2.45, 2.75) is 84.2 Å². The molecule has 2 amide bonds. The van der Waals surface area contributed by atoms with E-state index in [0.717, 1.165) is 53.7 Å². The molecule has 4 aromatic rings. The van der Waals surface area contributed by atoms with Crippen LogP contribution < -0.4 is 10.6 Å². The molecule has 0 spiro atoms. The van der Waals surface area contributed by atoms with Crippen molar-refractivity contribution in [2.75, 3.05) is 17.2 Å². The number of pyridine rings is 1. The van der Waals surface area contributed by atoms with E-state index in [0.29, 0.717) is 30.4 Å². The van der Waals surface area contributed by atoms with E-state index in [2.05, 4.69) is 35.6 Å². The van der Waals surface area contributed by atoms with Gasteiger partial charge in [-0.05, 0) is 75.3 Å². The van der Waals surface area contributed by atoms with Gasteiger partial charge < -0.3 is 20.1 Å². The zero-order valence-electron chi connectivity index (χ0n) is 24.9. The molecule has 43 heavy (non-hydrogen) atoms. The van der Waals surface area contributed by atoms with Crippen LogP contribution in [0.3, 0.4) is 0 Å². The lowest BCUT2D eigenvalue weighted by Crippen LogP contribution is -2.42. The van der Waals surface area contributed by atoms with Gasteiger partial charge in [0.2, 0.25) is 5.95 Å². The van der Waals surface area contributed by atoms with Crippen LogP contribution in [0.15, 0.2) is 42.7 Å². The van der Waals surface area contributed by atoms with Crippen molar-refractivity contribution in [3.05, 3.63) is 59.5 Å². The number of carboxylic acid groups (broad SMARTS) is 1. The summed E-state index contributed by atoms with van der Waals surface area (Å²) in [5.41, 5.74) is 5.78. The number of carbonyl (C=O) groups excluding carboxylic acids is 1. The number of benzene rings is 1. The van der Waals surface area contributed by atoms with E-state index >= 15 is 0 Å². The fourth-order valence-electron chi connectivity index (χ4n) is 6.40. The number of nitrogens with zero attached hydrogens (tertiary/aromatic N) is 6. The maximum absolute atomic E-state index is 13.3. The molecule has 1 saturated carbocycles. The molecule has 0 radical (unpaired) electrons. The number of hydrogen-bond donors (Lipinski definition) is 3. The Kier molecular flexibility index (Phi) is 7.78. The highest BCUT2D eigenvalue weighted by molar-refractivity contribution is 6.00. The number of ether oxygens (including phenoxy) is 1. The summed E-state index contributed by atoms with van der Waals surface area (Å²) in [6, 6.07) is 9.44. The van der Waals surface area contributed by atoms with Crippen molar-refractivity contribution in [1.29, 1.82) is 0 Å². The lowest BCUT2D eigenvalue weighted by atomic mass is 9.90. The minimum absolute atomic E-state index is 0.0476. The smallest absolute Gasteiger partial charge is 0.409 e. The zero-order chi connectivity index (χ0) is 30.2. The molecule has 12 heteroatoms. The molecular weight excluding hydrogens is 548 g/mol. The van der Waals surface area contributed by atoms with E-state index in [1.54, 1.807) is 12.1 Å². The number of anilines is 2. The van der Waals surface area contributed by atoms with Gasteiger partial charge in [-0.15, -0.1) is 5.10 Å². The lowest BCUT2D eigenvalue weighted by Gasteiger charge is -2.35. The molecule has 3 atom stereocenters. The fraction of sp³-hybridized carbons (Fsp3) is 0.452. The van der Waals surface area contributed by atoms with Crippen LogP contribution in [0, 0.1) is 0 Å². The summed E-state index contributed by atoms with van der Waals surface area (Å²) in [5, 5.41) is 24.4. The van der Waals surface area contributed by atoms with E-state index < -0.39 is 6.09 Å². The van der Waals surface area contributed by atoms with Crippen molar-refractivity contribution in [2.24, 2.45) is 0 Å². The number of amides is 2. The molecule has 4 heterocycles. The molecule has 1 fully saturated rings. The average Bonchev–Trinajstić information content (AvgIpc) is 3.70. The second-order valence-electron chi connectivity index (χ2n) is 11.7. The molecule has 226 valence electrons. The third-order valence-electron chi connectivity index (χ3n) is 8.39. The Morgan fingerprint density at radius 3 is 2.77 bits per heavy atom. The topological polar surface area (TPSA) is 139 Å². The van der Waals surface area contributed by atoms with Crippen molar-refractivity contribution in [1.82, 2.24) is 29.3 Å². The minimum atomic E-state index is -1.15. The first-order valence-corrected chi connectivity index (χ1v) is 15.0. The fourth-order valence-corrected chi connectivity index (χ4v) is 6.40. The van der Waals surface area contributed by atoms with Gasteiger partial charge in [0.25, 0.3) is 5.91 Å². The predicted octanol–water partition coefficient (Wildman–Crippen LogP) is 5.74. The SMILES string of the molecule is CCOC(C)n1cc(-c2ccc3nc(N[C@@H]4CCC[C@H](N5Cc6ccc(NC(=O)O)cc6C5=O)C4)nn3c2C(C)C)cn1. The Labute approximate surface area is 250 Å². The Bertz CT molecular complexity index is 1660. The number of fused-ring (bicyclic) bond motifs is 2. The van der Waals surface area contributed by atoms with E-state index in [1.807, 2.05) is 52.5 Å². The largest absolute Gasteiger partial charge is 0.465 e. The zero-order valence-corrected chi connectivity index (χ0v) is 24.9. The highest BCUT2D eigenvalue weighted by Gasteiger charge is 2.36. The Morgan fingerprint density at radius 2 is 2.00 bits per heavy atom. The van der Waals surface area contributed by atoms with E-state index in [9.17, 15) is 9.59 Å². The molecule has 3 N–H and O–H groups in total. The van der Waals surface area contributed by atoms with Gasteiger partial charge in [0, 0.05) is 53.8 Å². The quantitative estimate of drug-likeness (QED) is 0.226. The summed E-state index contributed by atoms with van der Waals surface area (Å²) in [6.07, 6.45) is 6.23. The molecule has 1 aliphatic heterocycles. The van der Waals surface area contributed by atoms with Gasteiger partial charge in [0.1, 0.15) is 6.23 Å². The van der Waals surface area contributed by atoms with Crippen LogP contribution in [0.4, 0.5) is 16.4 Å². The van der Waals surface area contributed by atoms with Gasteiger partial charge in [0.05, 0.1) is 11.9 Å². The van der Waals surface area contributed by atoms with Crippen LogP contribution in [-0.2, 0) is 11.3 Å². The third-order valence-corrected chi connectivity index (χ3v) is 8.39. The van der Waals surface area contributed by atoms with Gasteiger partial charge in [-0.3, -0.25) is 10.1 Å². The first kappa shape index (κ1) is 28.7. The summed E-state index contributed by atoms with van der Waals surface area (Å²) in [7, 11) is 0. The third kappa shape index (κ3) is 5.66. The maximum atomic E-state index is 13.3. The summed E-state index contributed by atoms with van der Waals surface area (Å²) in [4.78, 5) is 31.1. The molecule has 0 saturated heterocycles. The molecule has 3 aromatic heterocycles. The van der Waals surface area contributed by atoms with Crippen LogP contribution in [0.25, 0.3) is 16.8 Å². The summed E-state index contributed by atoms with van der Waals surface area (Å²) in [5.74, 6) is 0.716. The summed E-state index contributed by atoms with van der Waals surface area (Å²) >= 11 is 0. The molecule has 1 aromatic carbocycles. The second-order valence-corrected chi connectivity index (χ2v) is 11.7. The number of aromatic nitrogens is 5. The van der Waals surface area contributed by atoms with Gasteiger partial charge in [-0.25, -0.2) is 14.0 Å². The summed E-state index contributed by atoms with van der Waals surface area (Å²) in [6.45, 7) is 9.40. The van der Waals surface area contributed by atoms with Crippen LogP contribution in [0.1, 0.15) is 87.1 Å². The number of carbonyl (C=O) groups is 2. The second kappa shape index (κ2) is 11.7. The average molecular weight is 587 g/mol. The minimum Gasteiger partial charge on any atom is -0.465 e. The molecular formula is C31H38N8O4. The normalized spacial score (nSPS) is 19.2. The molecule has 0 bridgehead atoms. The Hall–Kier alpha value is -4.45. The van der Waals surface area contributed by atoms with Crippen molar-refractivity contribution in [3.8, 4) is 11.1 Å². The monoisotopic (exact) mass is 586 g/mol. The number of hydrogen-bond acceptors (Lipinski definition) is 7. The van der Waals surface area contributed by atoms with Crippen molar-refractivity contribution >= 4 is 29.3 Å². The van der Waals surface area contributed by atoms with Gasteiger partial charge >= 0.3 is 6.09 Å². The molecule has 1 aliphatic carbocycles. The van der Waals surface area contributed by atoms with Crippen molar-refractivity contribution < 1.29 is 19.4 Å². The lowest BCUT2D eigenvalue weighted by molar-refractivity contribution is 0.0160. The van der Waals surface area contributed by atoms with Crippen LogP contribution in [0.2, 0.25) is 0 Å². The van der Waals surface area contributed by atoms with Crippen molar-refractivity contribution in [3.63, 3.8) is 0 Å². The van der Waals surface area contributed by atoms with E-state index in [-0.39, 0.29) is 30.1 Å². The van der Waals surface area contributed by atoms with Gasteiger partial charge in [-0.1, -0.05) is 19.9 Å². The highest BCUT2D eigenvalue weighted by Crippen LogP contribution is 2.34. The van der Waals surface area contributed by atoms with Crippen LogP contribution >= 0.6 is 0 Å². The number of nitrogens with one attached hydrogen (secondary N) is 2. The molecule has 12 nitrogen and oxygen atoms in total.